The first-order chi connectivity index (χ1) is 9.24. The molecule has 4 heteroatoms. The van der Waals surface area contributed by atoms with Gasteiger partial charge in [0.25, 0.3) is 0 Å². The van der Waals surface area contributed by atoms with Crippen molar-refractivity contribution in [2.24, 2.45) is 0 Å². The molecule has 1 aromatic carbocycles. The van der Waals surface area contributed by atoms with Gasteiger partial charge in [-0.2, -0.15) is 0 Å². The third kappa shape index (κ3) is 4.20. The number of nitrogens with zero attached hydrogens (tertiary/aromatic N) is 1. The third-order valence-corrected chi connectivity index (χ3v) is 3.37. The molecule has 0 heterocycles. The lowest BCUT2D eigenvalue weighted by Crippen LogP contribution is -2.35. The highest BCUT2D eigenvalue weighted by molar-refractivity contribution is 5.33. The zero-order valence-electron chi connectivity index (χ0n) is 11.5. The first-order valence-corrected chi connectivity index (χ1v) is 6.98. The second kappa shape index (κ2) is 6.89. The van der Waals surface area contributed by atoms with Crippen molar-refractivity contribution < 1.29 is 14.9 Å². The molecule has 1 unspecified atom stereocenters. The van der Waals surface area contributed by atoms with Crippen molar-refractivity contribution in [3.8, 4) is 5.75 Å². The van der Waals surface area contributed by atoms with Gasteiger partial charge in [-0.3, -0.25) is 4.90 Å². The van der Waals surface area contributed by atoms with Gasteiger partial charge in [-0.05, 0) is 25.8 Å². The molecule has 1 saturated carbocycles. The van der Waals surface area contributed by atoms with E-state index >= 15 is 0 Å². The predicted octanol–water partition coefficient (Wildman–Crippen LogP) is 1.40. The van der Waals surface area contributed by atoms with Crippen molar-refractivity contribution in [3.63, 3.8) is 0 Å². The van der Waals surface area contributed by atoms with Gasteiger partial charge in [0, 0.05) is 24.7 Å². The lowest BCUT2D eigenvalue weighted by Gasteiger charge is -2.25. The summed E-state index contributed by atoms with van der Waals surface area (Å²) in [5.41, 5.74) is 1.14. The first kappa shape index (κ1) is 14.3. The molecule has 4 nitrogen and oxygen atoms in total. The van der Waals surface area contributed by atoms with Crippen LogP contribution in [-0.4, -0.2) is 47.0 Å². The second-order valence-corrected chi connectivity index (χ2v) is 5.04. The Labute approximate surface area is 114 Å². The summed E-state index contributed by atoms with van der Waals surface area (Å²) in [5.74, 6) is 0.911. The average molecular weight is 265 g/mol. The van der Waals surface area contributed by atoms with Gasteiger partial charge >= 0.3 is 0 Å². The van der Waals surface area contributed by atoms with Crippen LogP contribution < -0.4 is 4.74 Å². The van der Waals surface area contributed by atoms with Crippen molar-refractivity contribution in [1.29, 1.82) is 0 Å². The Kier molecular flexibility index (Phi) is 5.19. The molecule has 1 aromatic rings. The molecule has 0 saturated heterocycles. The molecular weight excluding hydrogens is 242 g/mol. The molecule has 0 radical (unpaired) electrons. The topological polar surface area (TPSA) is 52.9 Å². The number of aliphatic hydroxyl groups is 2. The van der Waals surface area contributed by atoms with E-state index in [4.69, 9.17) is 9.84 Å². The molecule has 1 fully saturated rings. The molecular formula is C15H23NO3. The van der Waals surface area contributed by atoms with Crippen molar-refractivity contribution in [2.75, 3.05) is 19.8 Å². The van der Waals surface area contributed by atoms with Gasteiger partial charge in [-0.25, -0.2) is 0 Å². The molecule has 0 aromatic heterocycles. The smallest absolute Gasteiger partial charge is 0.123 e. The van der Waals surface area contributed by atoms with Crippen LogP contribution in [0.3, 0.4) is 0 Å². The molecule has 2 N–H and O–H groups in total. The molecule has 2 rings (SSSR count). The highest BCUT2D eigenvalue weighted by atomic mass is 16.5. The van der Waals surface area contributed by atoms with E-state index < -0.39 is 6.10 Å². The van der Waals surface area contributed by atoms with Crippen molar-refractivity contribution in [2.45, 2.75) is 38.5 Å². The van der Waals surface area contributed by atoms with E-state index in [0.717, 1.165) is 17.9 Å². The van der Waals surface area contributed by atoms with Gasteiger partial charge in [0.1, 0.15) is 5.75 Å². The van der Waals surface area contributed by atoms with E-state index in [-0.39, 0.29) is 6.61 Å². The molecule has 0 aliphatic heterocycles. The molecule has 106 valence electrons. The second-order valence-electron chi connectivity index (χ2n) is 5.04. The molecule has 0 spiro atoms. The van der Waals surface area contributed by atoms with Gasteiger partial charge in [-0.1, -0.05) is 18.2 Å². The highest BCUT2D eigenvalue weighted by Crippen LogP contribution is 2.30. The minimum absolute atomic E-state index is 0.184. The SMILES string of the molecule is CCOc1ccccc1CN(CC(O)CO)C1CC1. The molecule has 19 heavy (non-hydrogen) atoms. The van der Waals surface area contributed by atoms with Crippen LogP contribution in [0.2, 0.25) is 0 Å². The van der Waals surface area contributed by atoms with Crippen LogP contribution in [0, 0.1) is 0 Å². The Morgan fingerprint density at radius 1 is 1.37 bits per heavy atom. The molecule has 0 amide bonds. The van der Waals surface area contributed by atoms with Gasteiger partial charge in [0.2, 0.25) is 0 Å². The van der Waals surface area contributed by atoms with Crippen LogP contribution in [0.5, 0.6) is 5.75 Å². The zero-order chi connectivity index (χ0) is 13.7. The molecule has 1 aliphatic carbocycles. The summed E-state index contributed by atoms with van der Waals surface area (Å²) in [6, 6.07) is 8.55. The fourth-order valence-electron chi connectivity index (χ4n) is 2.26. The maximum absolute atomic E-state index is 9.63. The number of aliphatic hydroxyl groups excluding tert-OH is 2. The van der Waals surface area contributed by atoms with Gasteiger partial charge in [0.15, 0.2) is 0 Å². The van der Waals surface area contributed by atoms with Crippen LogP contribution in [0.1, 0.15) is 25.3 Å². The molecule has 1 aliphatic rings. The van der Waals surface area contributed by atoms with Crippen molar-refractivity contribution in [3.05, 3.63) is 29.8 Å². The Balaban J connectivity index is 2.04. The van der Waals surface area contributed by atoms with Crippen LogP contribution in [-0.2, 0) is 6.54 Å². The normalized spacial score (nSPS) is 16.6. The zero-order valence-corrected chi connectivity index (χ0v) is 11.5. The lowest BCUT2D eigenvalue weighted by molar-refractivity contribution is 0.0537. The summed E-state index contributed by atoms with van der Waals surface area (Å²) in [7, 11) is 0. The molecule has 1 atom stereocenters. The summed E-state index contributed by atoms with van der Waals surface area (Å²) < 4.78 is 5.63. The first-order valence-electron chi connectivity index (χ1n) is 6.98. The number of para-hydroxylation sites is 1. The summed E-state index contributed by atoms with van der Waals surface area (Å²) >= 11 is 0. The minimum Gasteiger partial charge on any atom is -0.494 e. The van der Waals surface area contributed by atoms with E-state index in [1.165, 1.54) is 12.8 Å². The largest absolute Gasteiger partial charge is 0.494 e. The Bertz CT molecular complexity index is 393. The van der Waals surface area contributed by atoms with E-state index in [9.17, 15) is 5.11 Å². The third-order valence-electron chi connectivity index (χ3n) is 3.37. The Hall–Kier alpha value is -1.10. The van der Waals surface area contributed by atoms with E-state index in [1.807, 2.05) is 25.1 Å². The van der Waals surface area contributed by atoms with Crippen LogP contribution in [0.25, 0.3) is 0 Å². The van der Waals surface area contributed by atoms with Crippen LogP contribution >= 0.6 is 0 Å². The van der Waals surface area contributed by atoms with Crippen LogP contribution in [0.15, 0.2) is 24.3 Å². The molecule has 0 bridgehead atoms. The summed E-state index contributed by atoms with van der Waals surface area (Å²) in [6.07, 6.45) is 1.68. The minimum atomic E-state index is -0.667. The van der Waals surface area contributed by atoms with E-state index in [1.54, 1.807) is 0 Å². The van der Waals surface area contributed by atoms with E-state index in [2.05, 4.69) is 11.0 Å². The fraction of sp³-hybridized carbons (Fsp3) is 0.600. The lowest BCUT2D eigenvalue weighted by atomic mass is 10.1. The van der Waals surface area contributed by atoms with Gasteiger partial charge in [-0.15, -0.1) is 0 Å². The highest BCUT2D eigenvalue weighted by Gasteiger charge is 2.30. The monoisotopic (exact) mass is 265 g/mol. The van der Waals surface area contributed by atoms with Crippen molar-refractivity contribution >= 4 is 0 Å². The number of hydrogen-bond donors (Lipinski definition) is 2. The summed E-state index contributed by atoms with van der Waals surface area (Å²) in [6.45, 7) is 3.72. The van der Waals surface area contributed by atoms with Gasteiger partial charge < -0.3 is 14.9 Å². The number of ether oxygens (including phenoxy) is 1. The maximum Gasteiger partial charge on any atom is 0.123 e. The van der Waals surface area contributed by atoms with Crippen LogP contribution in [0.4, 0.5) is 0 Å². The van der Waals surface area contributed by atoms with Crippen molar-refractivity contribution in [1.82, 2.24) is 4.90 Å². The Morgan fingerprint density at radius 2 is 2.11 bits per heavy atom. The average Bonchev–Trinajstić information content (AvgIpc) is 3.24. The number of benzene rings is 1. The predicted molar refractivity (Wildman–Crippen MR) is 74.1 cm³/mol. The fourth-order valence-corrected chi connectivity index (χ4v) is 2.26. The summed E-state index contributed by atoms with van der Waals surface area (Å²) in [5, 5.41) is 18.6. The quantitative estimate of drug-likeness (QED) is 0.746. The van der Waals surface area contributed by atoms with Gasteiger partial charge in [0.05, 0.1) is 19.3 Å². The Morgan fingerprint density at radius 3 is 2.74 bits per heavy atom. The summed E-state index contributed by atoms with van der Waals surface area (Å²) in [4.78, 5) is 2.23. The van der Waals surface area contributed by atoms with E-state index in [0.29, 0.717) is 19.2 Å². The maximum atomic E-state index is 9.63. The standard InChI is InChI=1S/C15H23NO3/c1-2-19-15-6-4-3-5-12(15)9-16(13-7-8-13)10-14(18)11-17/h3-6,13-14,17-18H,2,7-11H2,1H3. The number of rotatable bonds is 8. The number of hydrogen-bond acceptors (Lipinski definition) is 4.